The molecule has 0 saturated carbocycles. The number of nitrogens with two attached hydrogens (primary N) is 1. The molecule has 1 heterocycles. The molecule has 3 nitrogen and oxygen atoms in total. The van der Waals surface area contributed by atoms with E-state index in [-0.39, 0.29) is 12.0 Å². The van der Waals surface area contributed by atoms with E-state index in [1.54, 1.807) is 0 Å². The van der Waals surface area contributed by atoms with Crippen LogP contribution < -0.4 is 5.73 Å². The lowest BCUT2D eigenvalue weighted by atomic mass is 10.2. The average Bonchev–Trinajstić information content (AvgIpc) is 2.18. The Morgan fingerprint density at radius 3 is 2.71 bits per heavy atom. The van der Waals surface area contributed by atoms with Crippen LogP contribution in [-0.4, -0.2) is 10.9 Å². The van der Waals surface area contributed by atoms with E-state index >= 15 is 0 Å². The molecule has 1 amide bonds. The maximum absolute atomic E-state index is 12.5. The van der Waals surface area contributed by atoms with Crippen molar-refractivity contribution in [2.45, 2.75) is 12.6 Å². The highest BCUT2D eigenvalue weighted by Gasteiger charge is 2.33. The second-order valence-corrected chi connectivity index (χ2v) is 3.54. The first-order valence-electron chi connectivity index (χ1n) is 4.48. The molecule has 92 valence electrons. The SMILES string of the molecule is NC(=O)CC=Cc1cnc(Cl)c(C(F)(F)F)c1. The van der Waals surface area contributed by atoms with Gasteiger partial charge in [-0.15, -0.1) is 0 Å². The lowest BCUT2D eigenvalue weighted by Crippen LogP contribution is -2.08. The molecule has 0 bridgehead atoms. The van der Waals surface area contributed by atoms with Crippen molar-refractivity contribution in [1.29, 1.82) is 0 Å². The zero-order valence-electron chi connectivity index (χ0n) is 8.46. The topological polar surface area (TPSA) is 56.0 Å². The number of hydrogen-bond donors (Lipinski definition) is 1. The zero-order valence-corrected chi connectivity index (χ0v) is 9.22. The van der Waals surface area contributed by atoms with Crippen LogP contribution >= 0.6 is 11.6 Å². The molecule has 0 fully saturated rings. The van der Waals surface area contributed by atoms with Crippen molar-refractivity contribution in [2.24, 2.45) is 5.73 Å². The lowest BCUT2D eigenvalue weighted by Gasteiger charge is -2.08. The Labute approximate surface area is 100 Å². The number of halogens is 4. The highest BCUT2D eigenvalue weighted by molar-refractivity contribution is 6.30. The monoisotopic (exact) mass is 264 g/mol. The van der Waals surface area contributed by atoms with Gasteiger partial charge in [0.25, 0.3) is 0 Å². The number of aromatic nitrogens is 1. The fourth-order valence-corrected chi connectivity index (χ4v) is 1.28. The van der Waals surface area contributed by atoms with Crippen molar-refractivity contribution in [3.05, 3.63) is 34.6 Å². The van der Waals surface area contributed by atoms with E-state index in [2.05, 4.69) is 4.98 Å². The summed E-state index contributed by atoms with van der Waals surface area (Å²) in [6.45, 7) is 0. The summed E-state index contributed by atoms with van der Waals surface area (Å²) in [6, 6.07) is 0.854. The van der Waals surface area contributed by atoms with Crippen molar-refractivity contribution in [2.75, 3.05) is 0 Å². The highest BCUT2D eigenvalue weighted by Crippen LogP contribution is 2.34. The molecule has 1 rings (SSSR count). The fraction of sp³-hybridized carbons (Fsp3) is 0.200. The first kappa shape index (κ1) is 13.5. The second-order valence-electron chi connectivity index (χ2n) is 3.18. The van der Waals surface area contributed by atoms with Crippen LogP contribution in [-0.2, 0) is 11.0 Å². The van der Waals surface area contributed by atoms with Gasteiger partial charge in [0.1, 0.15) is 5.15 Å². The summed E-state index contributed by atoms with van der Waals surface area (Å²) in [5, 5.41) is -0.607. The third kappa shape index (κ3) is 4.07. The van der Waals surface area contributed by atoms with E-state index in [1.807, 2.05) is 0 Å². The summed E-state index contributed by atoms with van der Waals surface area (Å²) in [5.41, 5.74) is 4.06. The Balaban J connectivity index is 2.97. The van der Waals surface area contributed by atoms with Gasteiger partial charge >= 0.3 is 6.18 Å². The number of primary amides is 1. The van der Waals surface area contributed by atoms with Gasteiger partial charge in [-0.3, -0.25) is 4.79 Å². The van der Waals surface area contributed by atoms with Crippen LogP contribution in [0, 0.1) is 0 Å². The normalized spacial score (nSPS) is 12.0. The first-order valence-corrected chi connectivity index (χ1v) is 4.86. The largest absolute Gasteiger partial charge is 0.419 e. The minimum absolute atomic E-state index is 0.0516. The van der Waals surface area contributed by atoms with Gasteiger partial charge in [0.2, 0.25) is 5.91 Å². The van der Waals surface area contributed by atoms with Crippen molar-refractivity contribution in [3.8, 4) is 0 Å². The van der Waals surface area contributed by atoms with Gasteiger partial charge in [0, 0.05) is 12.6 Å². The molecule has 1 aromatic rings. The van der Waals surface area contributed by atoms with Crippen LogP contribution in [0.25, 0.3) is 6.08 Å². The van der Waals surface area contributed by atoms with Crippen molar-refractivity contribution >= 4 is 23.6 Å². The molecule has 0 aliphatic carbocycles. The Morgan fingerprint density at radius 1 is 1.53 bits per heavy atom. The van der Waals surface area contributed by atoms with E-state index < -0.39 is 22.8 Å². The minimum atomic E-state index is -4.56. The summed E-state index contributed by atoms with van der Waals surface area (Å²) in [7, 11) is 0. The van der Waals surface area contributed by atoms with Gasteiger partial charge in [-0.25, -0.2) is 4.98 Å². The molecule has 2 N–H and O–H groups in total. The van der Waals surface area contributed by atoms with Crippen molar-refractivity contribution in [3.63, 3.8) is 0 Å². The predicted octanol–water partition coefficient (Wildman–Crippen LogP) is 2.64. The van der Waals surface area contributed by atoms with Gasteiger partial charge in [-0.1, -0.05) is 23.8 Å². The van der Waals surface area contributed by atoms with E-state index in [4.69, 9.17) is 17.3 Å². The van der Waals surface area contributed by atoms with Gasteiger partial charge in [0.05, 0.1) is 5.56 Å². The number of nitrogens with zero attached hydrogens (tertiary/aromatic N) is 1. The van der Waals surface area contributed by atoms with Crippen molar-refractivity contribution < 1.29 is 18.0 Å². The van der Waals surface area contributed by atoms with Crippen LogP contribution in [0.5, 0.6) is 0 Å². The van der Waals surface area contributed by atoms with Crippen LogP contribution in [0.1, 0.15) is 17.5 Å². The fourth-order valence-electron chi connectivity index (χ4n) is 1.07. The standard InChI is InChI=1S/C10H8ClF3N2O/c11-9-7(10(12,13)14)4-6(5-16-9)2-1-3-8(15)17/h1-2,4-5H,3H2,(H2,15,17). The molecule has 17 heavy (non-hydrogen) atoms. The van der Waals surface area contributed by atoms with E-state index in [0.717, 1.165) is 6.07 Å². The number of alkyl halides is 3. The maximum Gasteiger partial charge on any atom is 0.419 e. The first-order chi connectivity index (χ1) is 7.80. The molecule has 0 aromatic carbocycles. The zero-order chi connectivity index (χ0) is 13.1. The molecule has 0 saturated heterocycles. The van der Waals surface area contributed by atoms with Crippen LogP contribution in [0.4, 0.5) is 13.2 Å². The molecular formula is C10H8ClF3N2O. The Hall–Kier alpha value is -1.56. The van der Waals surface area contributed by atoms with Crippen LogP contribution in [0.15, 0.2) is 18.3 Å². The van der Waals surface area contributed by atoms with Gasteiger partial charge < -0.3 is 5.73 Å². The molecule has 0 atom stereocenters. The summed E-state index contributed by atoms with van der Waals surface area (Å²) in [4.78, 5) is 13.8. The Kier molecular flexibility index (Phi) is 4.11. The lowest BCUT2D eigenvalue weighted by molar-refractivity contribution is -0.137. The number of carbonyl (C=O) groups is 1. The molecule has 0 unspecified atom stereocenters. The second kappa shape index (κ2) is 5.18. The van der Waals surface area contributed by atoms with E-state index in [0.29, 0.717) is 0 Å². The molecule has 1 aromatic heterocycles. The van der Waals surface area contributed by atoms with E-state index in [9.17, 15) is 18.0 Å². The number of amides is 1. The Morgan fingerprint density at radius 2 is 2.18 bits per heavy atom. The smallest absolute Gasteiger partial charge is 0.369 e. The van der Waals surface area contributed by atoms with Crippen LogP contribution in [0.3, 0.4) is 0 Å². The highest BCUT2D eigenvalue weighted by atomic mass is 35.5. The van der Waals surface area contributed by atoms with Gasteiger partial charge in [0.15, 0.2) is 0 Å². The molecule has 0 radical (unpaired) electrons. The quantitative estimate of drug-likeness (QED) is 0.853. The van der Waals surface area contributed by atoms with Gasteiger partial charge in [-0.2, -0.15) is 13.2 Å². The summed E-state index contributed by atoms with van der Waals surface area (Å²) >= 11 is 5.34. The third-order valence-electron chi connectivity index (χ3n) is 1.79. The number of rotatable bonds is 3. The number of pyridine rings is 1. The maximum atomic E-state index is 12.5. The summed E-state index contributed by atoms with van der Waals surface area (Å²) < 4.78 is 37.4. The average molecular weight is 265 g/mol. The Bertz CT molecular complexity index is 457. The van der Waals surface area contributed by atoms with E-state index in [1.165, 1.54) is 18.3 Å². The van der Waals surface area contributed by atoms with Gasteiger partial charge in [-0.05, 0) is 11.6 Å². The minimum Gasteiger partial charge on any atom is -0.369 e. The molecule has 0 aliphatic heterocycles. The number of hydrogen-bond acceptors (Lipinski definition) is 2. The predicted molar refractivity (Wildman–Crippen MR) is 57.1 cm³/mol. The van der Waals surface area contributed by atoms with Crippen molar-refractivity contribution in [1.82, 2.24) is 4.98 Å². The van der Waals surface area contributed by atoms with Crippen LogP contribution in [0.2, 0.25) is 5.15 Å². The molecular weight excluding hydrogens is 257 g/mol. The molecule has 0 aliphatic rings. The third-order valence-corrected chi connectivity index (χ3v) is 2.10. The molecule has 7 heteroatoms. The summed E-state index contributed by atoms with van der Waals surface area (Å²) in [5.74, 6) is -0.570. The summed E-state index contributed by atoms with van der Waals surface area (Å²) in [6.07, 6.45) is -0.757. The molecule has 0 spiro atoms. The number of carbonyl (C=O) groups excluding carboxylic acids is 1.